The number of ketones is 1. The van der Waals surface area contributed by atoms with Crippen molar-refractivity contribution in [1.29, 1.82) is 0 Å². The van der Waals surface area contributed by atoms with E-state index in [1.54, 1.807) is 24.3 Å². The van der Waals surface area contributed by atoms with E-state index in [9.17, 15) is 9.59 Å². The fourth-order valence-electron chi connectivity index (χ4n) is 3.12. The van der Waals surface area contributed by atoms with Gasteiger partial charge in [0.1, 0.15) is 0 Å². The van der Waals surface area contributed by atoms with E-state index in [2.05, 4.69) is 21.2 Å². The van der Waals surface area contributed by atoms with Gasteiger partial charge in [-0.1, -0.05) is 46.3 Å². The van der Waals surface area contributed by atoms with Crippen LogP contribution in [-0.4, -0.2) is 16.7 Å². The molecule has 0 aliphatic rings. The van der Waals surface area contributed by atoms with Gasteiger partial charge in [-0.2, -0.15) is 0 Å². The van der Waals surface area contributed by atoms with Crippen molar-refractivity contribution in [2.45, 2.75) is 6.92 Å². The van der Waals surface area contributed by atoms with Gasteiger partial charge >= 0.3 is 0 Å². The van der Waals surface area contributed by atoms with Gasteiger partial charge in [0.25, 0.3) is 5.91 Å². The molecule has 0 unspecified atom stereocenters. The zero-order chi connectivity index (χ0) is 20.4. The Balaban J connectivity index is 1.74. The molecule has 0 aliphatic heterocycles. The molecule has 5 heteroatoms. The second kappa shape index (κ2) is 7.97. The van der Waals surface area contributed by atoms with E-state index in [1.807, 2.05) is 54.6 Å². The smallest absolute Gasteiger partial charge is 0.256 e. The molecule has 0 fully saturated rings. The number of Topliss-reactive ketones (excluding diaryl/α,β-unsaturated/α-hetero) is 1. The summed E-state index contributed by atoms with van der Waals surface area (Å²) in [6, 6.07) is 24.1. The summed E-state index contributed by atoms with van der Waals surface area (Å²) in [4.78, 5) is 29.2. The molecule has 0 radical (unpaired) electrons. The number of hydrogen-bond acceptors (Lipinski definition) is 3. The van der Waals surface area contributed by atoms with Gasteiger partial charge in [-0.25, -0.2) is 4.98 Å². The highest BCUT2D eigenvalue weighted by molar-refractivity contribution is 9.10. The monoisotopic (exact) mass is 444 g/mol. The highest BCUT2D eigenvalue weighted by Crippen LogP contribution is 2.26. The summed E-state index contributed by atoms with van der Waals surface area (Å²) in [5, 5.41) is 3.70. The Morgan fingerprint density at radius 2 is 1.59 bits per heavy atom. The largest absolute Gasteiger partial charge is 0.322 e. The molecule has 4 aromatic rings. The van der Waals surface area contributed by atoms with Crippen molar-refractivity contribution in [2.75, 3.05) is 5.32 Å². The Morgan fingerprint density at radius 3 is 2.28 bits per heavy atom. The third kappa shape index (κ3) is 4.10. The molecule has 4 nitrogen and oxygen atoms in total. The van der Waals surface area contributed by atoms with Crippen LogP contribution in [0.4, 0.5) is 5.69 Å². The van der Waals surface area contributed by atoms with Gasteiger partial charge in [0.05, 0.1) is 16.8 Å². The maximum atomic E-state index is 13.1. The molecule has 4 rings (SSSR count). The lowest BCUT2D eigenvalue weighted by Crippen LogP contribution is -2.13. The summed E-state index contributed by atoms with van der Waals surface area (Å²) in [5.41, 5.74) is 4.20. The third-order valence-corrected chi connectivity index (χ3v) is 5.18. The Labute approximate surface area is 176 Å². The van der Waals surface area contributed by atoms with Crippen molar-refractivity contribution < 1.29 is 9.59 Å². The molecular weight excluding hydrogens is 428 g/mol. The minimum Gasteiger partial charge on any atom is -0.322 e. The molecule has 142 valence electrons. The summed E-state index contributed by atoms with van der Waals surface area (Å²) in [5.74, 6) is -0.236. The summed E-state index contributed by atoms with van der Waals surface area (Å²) >= 11 is 3.44. The van der Waals surface area contributed by atoms with E-state index in [0.717, 1.165) is 26.6 Å². The summed E-state index contributed by atoms with van der Waals surface area (Å²) in [6.07, 6.45) is 0. The SMILES string of the molecule is CC(=O)c1ccc(NC(=O)c2cc(-c3ccc(Br)cc3)nc3ccccc23)cc1. The van der Waals surface area contributed by atoms with Crippen LogP contribution in [0.25, 0.3) is 22.2 Å². The van der Waals surface area contributed by atoms with Gasteiger partial charge in [-0.05, 0) is 55.5 Å². The topological polar surface area (TPSA) is 59.1 Å². The maximum absolute atomic E-state index is 13.1. The highest BCUT2D eigenvalue weighted by Gasteiger charge is 2.14. The molecule has 29 heavy (non-hydrogen) atoms. The lowest BCUT2D eigenvalue weighted by molar-refractivity contribution is 0.101. The predicted molar refractivity (Wildman–Crippen MR) is 119 cm³/mol. The fourth-order valence-corrected chi connectivity index (χ4v) is 3.38. The molecule has 0 saturated heterocycles. The Bertz CT molecular complexity index is 1220. The van der Waals surface area contributed by atoms with Gasteiger partial charge in [-0.15, -0.1) is 0 Å². The second-order valence-electron chi connectivity index (χ2n) is 6.67. The van der Waals surface area contributed by atoms with Crippen molar-refractivity contribution in [3.63, 3.8) is 0 Å². The second-order valence-corrected chi connectivity index (χ2v) is 7.58. The zero-order valence-corrected chi connectivity index (χ0v) is 17.2. The van der Waals surface area contributed by atoms with Gasteiger partial charge in [0, 0.05) is 26.7 Å². The molecule has 3 aromatic carbocycles. The summed E-state index contributed by atoms with van der Waals surface area (Å²) in [7, 11) is 0. The fraction of sp³-hybridized carbons (Fsp3) is 0.0417. The number of nitrogens with zero attached hydrogens (tertiary/aromatic N) is 1. The number of fused-ring (bicyclic) bond motifs is 1. The number of nitrogens with one attached hydrogen (secondary N) is 1. The maximum Gasteiger partial charge on any atom is 0.256 e. The zero-order valence-electron chi connectivity index (χ0n) is 15.6. The lowest BCUT2D eigenvalue weighted by atomic mass is 10.0. The van der Waals surface area contributed by atoms with Crippen LogP contribution in [0.15, 0.2) is 83.3 Å². The molecule has 1 heterocycles. The first-order valence-electron chi connectivity index (χ1n) is 9.09. The number of aromatic nitrogens is 1. The number of rotatable bonds is 4. The first kappa shape index (κ1) is 19.0. The van der Waals surface area contributed by atoms with Gasteiger partial charge < -0.3 is 5.32 Å². The van der Waals surface area contributed by atoms with E-state index in [0.29, 0.717) is 16.8 Å². The number of hydrogen-bond donors (Lipinski definition) is 1. The molecule has 0 atom stereocenters. The van der Waals surface area contributed by atoms with Crippen molar-refractivity contribution in [3.05, 3.63) is 94.5 Å². The molecule has 1 N–H and O–H groups in total. The summed E-state index contributed by atoms with van der Waals surface area (Å²) in [6.45, 7) is 1.51. The van der Waals surface area contributed by atoms with E-state index in [4.69, 9.17) is 4.98 Å². The molecule has 1 aromatic heterocycles. The third-order valence-electron chi connectivity index (χ3n) is 4.65. The van der Waals surface area contributed by atoms with Gasteiger partial charge in [0.2, 0.25) is 0 Å². The van der Waals surface area contributed by atoms with Crippen LogP contribution in [0, 0.1) is 0 Å². The van der Waals surface area contributed by atoms with Crippen molar-refractivity contribution in [2.24, 2.45) is 0 Å². The molecule has 0 spiro atoms. The van der Waals surface area contributed by atoms with Crippen LogP contribution in [-0.2, 0) is 0 Å². The van der Waals surface area contributed by atoms with Crippen molar-refractivity contribution in [3.8, 4) is 11.3 Å². The highest BCUT2D eigenvalue weighted by atomic mass is 79.9. The van der Waals surface area contributed by atoms with Crippen molar-refractivity contribution in [1.82, 2.24) is 4.98 Å². The standard InChI is InChI=1S/C24H17BrN2O2/c1-15(28)16-8-12-19(13-9-16)26-24(29)21-14-23(17-6-10-18(25)11-7-17)27-22-5-3-2-4-20(21)22/h2-14H,1H3,(H,26,29). The van der Waals surface area contributed by atoms with Crippen LogP contribution >= 0.6 is 15.9 Å². The lowest BCUT2D eigenvalue weighted by Gasteiger charge is -2.11. The first-order valence-corrected chi connectivity index (χ1v) is 9.88. The number of halogens is 1. The molecule has 0 saturated carbocycles. The quantitative estimate of drug-likeness (QED) is 0.385. The van der Waals surface area contributed by atoms with Crippen LogP contribution in [0.2, 0.25) is 0 Å². The Morgan fingerprint density at radius 1 is 0.897 bits per heavy atom. The number of carbonyl (C=O) groups is 2. The molecule has 0 aliphatic carbocycles. The normalized spacial score (nSPS) is 10.7. The van der Waals surface area contributed by atoms with E-state index < -0.39 is 0 Å². The number of carbonyl (C=O) groups excluding carboxylic acids is 2. The van der Waals surface area contributed by atoms with Crippen molar-refractivity contribution >= 4 is 44.2 Å². The van der Waals surface area contributed by atoms with E-state index in [-0.39, 0.29) is 11.7 Å². The predicted octanol–water partition coefficient (Wildman–Crippen LogP) is 6.12. The molecular formula is C24H17BrN2O2. The number of para-hydroxylation sites is 1. The van der Waals surface area contributed by atoms with E-state index >= 15 is 0 Å². The Kier molecular flexibility index (Phi) is 5.23. The van der Waals surface area contributed by atoms with E-state index in [1.165, 1.54) is 6.92 Å². The molecule has 1 amide bonds. The van der Waals surface area contributed by atoms with Gasteiger partial charge in [-0.3, -0.25) is 9.59 Å². The average Bonchev–Trinajstić information content (AvgIpc) is 2.74. The van der Waals surface area contributed by atoms with Crippen LogP contribution in [0.3, 0.4) is 0 Å². The number of benzene rings is 3. The summed E-state index contributed by atoms with van der Waals surface area (Å²) < 4.78 is 0.981. The minimum absolute atomic E-state index is 0.0119. The average molecular weight is 445 g/mol. The minimum atomic E-state index is -0.225. The van der Waals surface area contributed by atoms with Crippen LogP contribution in [0.5, 0.6) is 0 Å². The first-order chi connectivity index (χ1) is 14.0. The van der Waals surface area contributed by atoms with Crippen LogP contribution in [0.1, 0.15) is 27.6 Å². The number of amides is 1. The Hall–Kier alpha value is -3.31. The number of anilines is 1. The van der Waals surface area contributed by atoms with Gasteiger partial charge in [0.15, 0.2) is 5.78 Å². The number of pyridine rings is 1. The molecule has 0 bridgehead atoms. The van der Waals surface area contributed by atoms with Crippen LogP contribution < -0.4 is 5.32 Å².